The standard InChI is InChI=1S/C10H16N2O/c1-4-9-8(11)5-6-10(13)12(9)7(2)3/h5-7H,4,11H2,1-3H3. The van der Waals surface area contributed by atoms with Gasteiger partial charge in [0.1, 0.15) is 0 Å². The summed E-state index contributed by atoms with van der Waals surface area (Å²) in [7, 11) is 0. The molecule has 3 heteroatoms. The molecule has 1 rings (SSSR count). The normalized spacial score (nSPS) is 10.8. The maximum atomic E-state index is 11.5. The van der Waals surface area contributed by atoms with Crippen molar-refractivity contribution in [3.63, 3.8) is 0 Å². The Labute approximate surface area is 78.2 Å². The third-order valence-corrected chi connectivity index (χ3v) is 2.12. The van der Waals surface area contributed by atoms with E-state index in [-0.39, 0.29) is 11.6 Å². The molecule has 1 heterocycles. The zero-order valence-electron chi connectivity index (χ0n) is 8.37. The van der Waals surface area contributed by atoms with Crippen LogP contribution in [0.5, 0.6) is 0 Å². The molecule has 13 heavy (non-hydrogen) atoms. The first-order valence-corrected chi connectivity index (χ1v) is 4.57. The third-order valence-electron chi connectivity index (χ3n) is 2.12. The minimum atomic E-state index is 0.0288. The van der Waals surface area contributed by atoms with Crippen LogP contribution in [0.15, 0.2) is 16.9 Å². The van der Waals surface area contributed by atoms with Gasteiger partial charge in [-0.25, -0.2) is 0 Å². The summed E-state index contributed by atoms with van der Waals surface area (Å²) in [6.07, 6.45) is 0.792. The van der Waals surface area contributed by atoms with Gasteiger partial charge in [0, 0.05) is 17.8 Å². The van der Waals surface area contributed by atoms with Crippen LogP contribution in [-0.4, -0.2) is 4.57 Å². The first-order valence-electron chi connectivity index (χ1n) is 4.57. The highest BCUT2D eigenvalue weighted by atomic mass is 16.1. The number of hydrogen-bond acceptors (Lipinski definition) is 2. The molecule has 0 bridgehead atoms. The van der Waals surface area contributed by atoms with Crippen LogP contribution < -0.4 is 11.3 Å². The van der Waals surface area contributed by atoms with Gasteiger partial charge in [0.2, 0.25) is 0 Å². The Morgan fingerprint density at radius 3 is 2.46 bits per heavy atom. The number of aromatic nitrogens is 1. The fraction of sp³-hybridized carbons (Fsp3) is 0.500. The summed E-state index contributed by atoms with van der Waals surface area (Å²) in [6, 6.07) is 3.38. The molecule has 1 aromatic rings. The van der Waals surface area contributed by atoms with Gasteiger partial charge in [0.05, 0.1) is 5.69 Å². The van der Waals surface area contributed by atoms with Crippen LogP contribution in [-0.2, 0) is 6.42 Å². The highest BCUT2D eigenvalue weighted by molar-refractivity contribution is 5.42. The zero-order chi connectivity index (χ0) is 10.0. The number of pyridine rings is 1. The molecular formula is C10H16N2O. The Hall–Kier alpha value is -1.25. The predicted octanol–water partition coefficient (Wildman–Crippen LogP) is 1.57. The minimum absolute atomic E-state index is 0.0288. The van der Waals surface area contributed by atoms with Gasteiger partial charge >= 0.3 is 0 Å². The van der Waals surface area contributed by atoms with E-state index in [4.69, 9.17) is 5.73 Å². The van der Waals surface area contributed by atoms with E-state index in [1.807, 2.05) is 20.8 Å². The highest BCUT2D eigenvalue weighted by Crippen LogP contribution is 2.13. The largest absolute Gasteiger partial charge is 0.397 e. The number of hydrogen-bond donors (Lipinski definition) is 1. The van der Waals surface area contributed by atoms with Crippen molar-refractivity contribution >= 4 is 5.69 Å². The van der Waals surface area contributed by atoms with Crippen molar-refractivity contribution in [2.75, 3.05) is 5.73 Å². The van der Waals surface area contributed by atoms with E-state index < -0.39 is 0 Å². The number of nitrogen functional groups attached to an aromatic ring is 1. The molecule has 0 unspecified atom stereocenters. The topological polar surface area (TPSA) is 48.0 Å². The monoisotopic (exact) mass is 180 g/mol. The van der Waals surface area contributed by atoms with Crippen LogP contribution in [0.4, 0.5) is 5.69 Å². The molecule has 1 aromatic heterocycles. The number of nitrogens with two attached hydrogens (primary N) is 1. The quantitative estimate of drug-likeness (QED) is 0.751. The van der Waals surface area contributed by atoms with Gasteiger partial charge in [-0.3, -0.25) is 4.79 Å². The van der Waals surface area contributed by atoms with E-state index in [1.54, 1.807) is 10.6 Å². The van der Waals surface area contributed by atoms with E-state index in [2.05, 4.69) is 0 Å². The summed E-state index contributed by atoms with van der Waals surface area (Å²) in [5.74, 6) is 0. The number of rotatable bonds is 2. The molecule has 0 amide bonds. The van der Waals surface area contributed by atoms with Gasteiger partial charge < -0.3 is 10.3 Å². The predicted molar refractivity (Wildman–Crippen MR) is 54.9 cm³/mol. The van der Waals surface area contributed by atoms with Gasteiger partial charge in [0.15, 0.2) is 0 Å². The molecule has 0 aliphatic rings. The van der Waals surface area contributed by atoms with E-state index in [0.29, 0.717) is 5.69 Å². The SMILES string of the molecule is CCc1c(N)ccc(=O)n1C(C)C. The molecule has 0 aromatic carbocycles. The molecular weight excluding hydrogens is 164 g/mol. The summed E-state index contributed by atoms with van der Waals surface area (Å²) < 4.78 is 1.75. The first kappa shape index (κ1) is 9.84. The lowest BCUT2D eigenvalue weighted by Gasteiger charge is -2.16. The lowest BCUT2D eigenvalue weighted by Crippen LogP contribution is -2.25. The van der Waals surface area contributed by atoms with Gasteiger partial charge in [-0.15, -0.1) is 0 Å². The van der Waals surface area contributed by atoms with Crippen LogP contribution in [0, 0.1) is 0 Å². The lowest BCUT2D eigenvalue weighted by atomic mass is 10.2. The molecule has 0 saturated carbocycles. The fourth-order valence-corrected chi connectivity index (χ4v) is 1.55. The highest BCUT2D eigenvalue weighted by Gasteiger charge is 2.08. The Balaban J connectivity index is 3.44. The van der Waals surface area contributed by atoms with Gasteiger partial charge in [-0.2, -0.15) is 0 Å². The van der Waals surface area contributed by atoms with E-state index in [9.17, 15) is 4.79 Å². The molecule has 0 saturated heterocycles. The number of nitrogens with zero attached hydrogens (tertiary/aromatic N) is 1. The van der Waals surface area contributed by atoms with Crippen LogP contribution in [0.3, 0.4) is 0 Å². The van der Waals surface area contributed by atoms with E-state index in [0.717, 1.165) is 12.1 Å². The van der Waals surface area contributed by atoms with Crippen LogP contribution in [0.2, 0.25) is 0 Å². The van der Waals surface area contributed by atoms with Crippen molar-refractivity contribution in [1.82, 2.24) is 4.57 Å². The molecule has 2 N–H and O–H groups in total. The Morgan fingerprint density at radius 2 is 2.08 bits per heavy atom. The van der Waals surface area contributed by atoms with Crippen molar-refractivity contribution in [2.24, 2.45) is 0 Å². The zero-order valence-corrected chi connectivity index (χ0v) is 8.37. The number of anilines is 1. The maximum absolute atomic E-state index is 11.5. The van der Waals surface area contributed by atoms with E-state index in [1.165, 1.54) is 6.07 Å². The van der Waals surface area contributed by atoms with Crippen LogP contribution in [0.1, 0.15) is 32.5 Å². The molecule has 0 spiro atoms. The van der Waals surface area contributed by atoms with Crippen molar-refractivity contribution in [3.8, 4) is 0 Å². The van der Waals surface area contributed by atoms with Crippen molar-refractivity contribution in [1.29, 1.82) is 0 Å². The minimum Gasteiger partial charge on any atom is -0.397 e. The second kappa shape index (κ2) is 3.64. The molecule has 0 radical (unpaired) electrons. The fourth-order valence-electron chi connectivity index (χ4n) is 1.55. The summed E-state index contributed by atoms with van der Waals surface area (Å²) in [5.41, 5.74) is 7.44. The van der Waals surface area contributed by atoms with Crippen molar-refractivity contribution < 1.29 is 0 Å². The van der Waals surface area contributed by atoms with Crippen LogP contribution in [0.25, 0.3) is 0 Å². The summed E-state index contributed by atoms with van der Waals surface area (Å²) in [6.45, 7) is 5.98. The first-order chi connectivity index (χ1) is 6.07. The Kier molecular flexibility index (Phi) is 2.76. The molecule has 0 fully saturated rings. The lowest BCUT2D eigenvalue weighted by molar-refractivity contribution is 0.555. The summed E-state index contributed by atoms with van der Waals surface area (Å²) in [5, 5.41) is 0. The summed E-state index contributed by atoms with van der Waals surface area (Å²) in [4.78, 5) is 11.5. The molecule has 0 aliphatic carbocycles. The Morgan fingerprint density at radius 1 is 1.46 bits per heavy atom. The van der Waals surface area contributed by atoms with Crippen molar-refractivity contribution in [3.05, 3.63) is 28.2 Å². The average molecular weight is 180 g/mol. The molecule has 72 valence electrons. The maximum Gasteiger partial charge on any atom is 0.251 e. The van der Waals surface area contributed by atoms with Gasteiger partial charge in [-0.1, -0.05) is 6.92 Å². The third kappa shape index (κ3) is 1.74. The van der Waals surface area contributed by atoms with Gasteiger partial charge in [0.25, 0.3) is 5.56 Å². The average Bonchev–Trinajstić information content (AvgIpc) is 2.07. The Bertz CT molecular complexity index is 352. The van der Waals surface area contributed by atoms with Gasteiger partial charge in [-0.05, 0) is 26.3 Å². The smallest absolute Gasteiger partial charge is 0.251 e. The second-order valence-corrected chi connectivity index (χ2v) is 3.39. The molecule has 0 aliphatic heterocycles. The van der Waals surface area contributed by atoms with Crippen LogP contribution >= 0.6 is 0 Å². The molecule has 0 atom stereocenters. The van der Waals surface area contributed by atoms with E-state index >= 15 is 0 Å². The molecule has 3 nitrogen and oxygen atoms in total. The second-order valence-electron chi connectivity index (χ2n) is 3.39. The van der Waals surface area contributed by atoms with Crippen molar-refractivity contribution in [2.45, 2.75) is 33.2 Å². The summed E-state index contributed by atoms with van der Waals surface area (Å²) >= 11 is 0.